The molecule has 6 heteroatoms. The summed E-state index contributed by atoms with van der Waals surface area (Å²) in [6.45, 7) is 4.72. The predicted octanol–water partition coefficient (Wildman–Crippen LogP) is 1.54. The summed E-state index contributed by atoms with van der Waals surface area (Å²) in [6.07, 6.45) is 1.52. The van der Waals surface area contributed by atoms with Gasteiger partial charge in [0.25, 0.3) is 0 Å². The van der Waals surface area contributed by atoms with Gasteiger partial charge in [-0.05, 0) is 38.4 Å². The molecule has 24 heavy (non-hydrogen) atoms. The van der Waals surface area contributed by atoms with Crippen molar-refractivity contribution in [1.29, 1.82) is 0 Å². The molecule has 0 saturated carbocycles. The number of nitrogens with two attached hydrogens (primary N) is 1. The molecule has 5 nitrogen and oxygen atoms in total. The molecule has 1 fully saturated rings. The maximum absolute atomic E-state index is 11.9. The first-order chi connectivity index (χ1) is 11.5. The molecule has 0 bridgehead atoms. The third kappa shape index (κ3) is 6.53. The highest BCUT2D eigenvalue weighted by Crippen LogP contribution is 2.16. The van der Waals surface area contributed by atoms with Crippen LogP contribution in [0.1, 0.15) is 24.0 Å². The minimum Gasteiger partial charge on any atom is -0.369 e. The van der Waals surface area contributed by atoms with Crippen LogP contribution in [0.3, 0.4) is 0 Å². The standard InChI is InChI=1S/C18H27N3O2S/c1-14-2-4-15(5-3-14)13-24-11-8-20-17(22)12-21-9-6-16(7-10-21)18(19)23/h2-5,16H,6-13H2,1H3,(H2,19,23)(H,20,22). The zero-order valence-corrected chi connectivity index (χ0v) is 15.1. The summed E-state index contributed by atoms with van der Waals surface area (Å²) in [4.78, 5) is 25.2. The lowest BCUT2D eigenvalue weighted by molar-refractivity contribution is -0.124. The van der Waals surface area contributed by atoms with Gasteiger partial charge in [0.1, 0.15) is 0 Å². The minimum absolute atomic E-state index is 0.0255. The van der Waals surface area contributed by atoms with Gasteiger partial charge in [0, 0.05) is 24.0 Å². The maximum atomic E-state index is 11.9. The van der Waals surface area contributed by atoms with E-state index < -0.39 is 0 Å². The summed E-state index contributed by atoms with van der Waals surface area (Å²) in [5.74, 6) is 1.69. The molecule has 1 saturated heterocycles. The van der Waals surface area contributed by atoms with E-state index >= 15 is 0 Å². The Bertz CT molecular complexity index is 540. The molecular formula is C18H27N3O2S. The molecular weight excluding hydrogens is 322 g/mol. The molecule has 1 heterocycles. The van der Waals surface area contributed by atoms with E-state index in [0.29, 0.717) is 13.1 Å². The summed E-state index contributed by atoms with van der Waals surface area (Å²) in [6, 6.07) is 8.55. The fourth-order valence-electron chi connectivity index (χ4n) is 2.77. The number of likely N-dealkylation sites (tertiary alicyclic amines) is 1. The molecule has 1 aromatic rings. The Morgan fingerprint density at radius 2 is 1.92 bits per heavy atom. The number of hydrogen-bond donors (Lipinski definition) is 2. The zero-order chi connectivity index (χ0) is 17.4. The van der Waals surface area contributed by atoms with Gasteiger partial charge in [-0.15, -0.1) is 0 Å². The molecule has 0 radical (unpaired) electrons. The highest BCUT2D eigenvalue weighted by Gasteiger charge is 2.23. The van der Waals surface area contributed by atoms with Crippen molar-refractivity contribution in [3.8, 4) is 0 Å². The number of benzene rings is 1. The van der Waals surface area contributed by atoms with E-state index in [1.165, 1.54) is 11.1 Å². The van der Waals surface area contributed by atoms with E-state index in [0.717, 1.165) is 37.4 Å². The van der Waals surface area contributed by atoms with Crippen LogP contribution in [0.4, 0.5) is 0 Å². The van der Waals surface area contributed by atoms with Crippen molar-refractivity contribution in [2.75, 3.05) is 31.9 Å². The number of amides is 2. The lowest BCUT2D eigenvalue weighted by Gasteiger charge is -2.29. The molecule has 0 aliphatic carbocycles. The number of carbonyl (C=O) groups is 2. The number of rotatable bonds is 8. The van der Waals surface area contributed by atoms with E-state index in [1.54, 1.807) is 0 Å². The fourth-order valence-corrected chi connectivity index (χ4v) is 3.59. The summed E-state index contributed by atoms with van der Waals surface area (Å²) in [7, 11) is 0. The number of carbonyl (C=O) groups excluding carboxylic acids is 2. The van der Waals surface area contributed by atoms with E-state index in [1.807, 2.05) is 11.8 Å². The van der Waals surface area contributed by atoms with Crippen LogP contribution in [0.2, 0.25) is 0 Å². The second-order valence-corrected chi connectivity index (χ2v) is 7.45. The Hall–Kier alpha value is -1.53. The molecule has 0 unspecified atom stereocenters. The van der Waals surface area contributed by atoms with Crippen LogP contribution >= 0.6 is 11.8 Å². The molecule has 132 valence electrons. The van der Waals surface area contributed by atoms with Gasteiger partial charge in [-0.25, -0.2) is 0 Å². The average Bonchev–Trinajstić information content (AvgIpc) is 2.56. The van der Waals surface area contributed by atoms with Gasteiger partial charge < -0.3 is 11.1 Å². The van der Waals surface area contributed by atoms with Crippen molar-refractivity contribution in [2.24, 2.45) is 11.7 Å². The number of aryl methyl sites for hydroxylation is 1. The van der Waals surface area contributed by atoms with Gasteiger partial charge in [0.05, 0.1) is 6.54 Å². The number of thioether (sulfide) groups is 1. The van der Waals surface area contributed by atoms with Crippen molar-refractivity contribution >= 4 is 23.6 Å². The molecule has 0 spiro atoms. The van der Waals surface area contributed by atoms with Gasteiger partial charge in [-0.2, -0.15) is 11.8 Å². The topological polar surface area (TPSA) is 75.4 Å². The Kier molecular flexibility index (Phi) is 7.59. The largest absolute Gasteiger partial charge is 0.369 e. The van der Waals surface area contributed by atoms with Crippen LogP contribution in [0.5, 0.6) is 0 Å². The van der Waals surface area contributed by atoms with Crippen LogP contribution in [0, 0.1) is 12.8 Å². The molecule has 1 aromatic carbocycles. The first kappa shape index (κ1) is 18.8. The summed E-state index contributed by atoms with van der Waals surface area (Å²) >= 11 is 1.82. The number of primary amides is 1. The summed E-state index contributed by atoms with van der Waals surface area (Å²) in [5.41, 5.74) is 7.91. The third-order valence-corrected chi connectivity index (χ3v) is 5.35. The lowest BCUT2D eigenvalue weighted by Crippen LogP contribution is -2.43. The molecule has 3 N–H and O–H groups in total. The van der Waals surface area contributed by atoms with Gasteiger partial charge in [0.2, 0.25) is 11.8 Å². The lowest BCUT2D eigenvalue weighted by atomic mass is 9.96. The Morgan fingerprint density at radius 1 is 1.25 bits per heavy atom. The van der Waals surface area contributed by atoms with Gasteiger partial charge in [0.15, 0.2) is 0 Å². The predicted molar refractivity (Wildman–Crippen MR) is 98.7 cm³/mol. The zero-order valence-electron chi connectivity index (χ0n) is 14.3. The van der Waals surface area contributed by atoms with Crippen molar-refractivity contribution in [3.05, 3.63) is 35.4 Å². The van der Waals surface area contributed by atoms with Gasteiger partial charge >= 0.3 is 0 Å². The first-order valence-corrected chi connectivity index (χ1v) is 9.61. The van der Waals surface area contributed by atoms with Crippen LogP contribution in [0.25, 0.3) is 0 Å². The smallest absolute Gasteiger partial charge is 0.234 e. The minimum atomic E-state index is -0.218. The quantitative estimate of drug-likeness (QED) is 0.698. The number of hydrogen-bond acceptors (Lipinski definition) is 4. The highest BCUT2D eigenvalue weighted by atomic mass is 32.2. The molecule has 2 rings (SSSR count). The highest BCUT2D eigenvalue weighted by molar-refractivity contribution is 7.98. The van der Waals surface area contributed by atoms with Crippen LogP contribution in [-0.4, -0.2) is 48.6 Å². The second-order valence-electron chi connectivity index (χ2n) is 6.34. The second kappa shape index (κ2) is 9.69. The average molecular weight is 350 g/mol. The fraction of sp³-hybridized carbons (Fsp3) is 0.556. The van der Waals surface area contributed by atoms with E-state index in [4.69, 9.17) is 5.73 Å². The Labute approximate surface area is 148 Å². The van der Waals surface area contributed by atoms with Crippen LogP contribution in [0.15, 0.2) is 24.3 Å². The van der Waals surface area contributed by atoms with Crippen molar-refractivity contribution in [1.82, 2.24) is 10.2 Å². The first-order valence-electron chi connectivity index (χ1n) is 8.46. The molecule has 2 amide bonds. The molecule has 0 atom stereocenters. The number of nitrogens with one attached hydrogen (secondary N) is 1. The number of piperidine rings is 1. The van der Waals surface area contributed by atoms with Gasteiger partial charge in [-0.1, -0.05) is 29.8 Å². The number of nitrogens with zero attached hydrogens (tertiary/aromatic N) is 1. The van der Waals surface area contributed by atoms with Crippen molar-refractivity contribution in [3.63, 3.8) is 0 Å². The Balaban J connectivity index is 1.54. The summed E-state index contributed by atoms with van der Waals surface area (Å²) < 4.78 is 0. The maximum Gasteiger partial charge on any atom is 0.234 e. The van der Waals surface area contributed by atoms with Gasteiger partial charge in [-0.3, -0.25) is 14.5 Å². The van der Waals surface area contributed by atoms with E-state index in [9.17, 15) is 9.59 Å². The van der Waals surface area contributed by atoms with Crippen molar-refractivity contribution < 1.29 is 9.59 Å². The van der Waals surface area contributed by atoms with Crippen molar-refractivity contribution in [2.45, 2.75) is 25.5 Å². The molecule has 1 aliphatic rings. The third-order valence-electron chi connectivity index (χ3n) is 4.32. The summed E-state index contributed by atoms with van der Waals surface area (Å²) in [5, 5.41) is 2.97. The molecule has 0 aromatic heterocycles. The van der Waals surface area contributed by atoms with E-state index in [-0.39, 0.29) is 17.7 Å². The Morgan fingerprint density at radius 3 is 2.54 bits per heavy atom. The van der Waals surface area contributed by atoms with Crippen LogP contribution < -0.4 is 11.1 Å². The SMILES string of the molecule is Cc1ccc(CSCCNC(=O)CN2CCC(C(N)=O)CC2)cc1. The normalized spacial score (nSPS) is 16.0. The molecule has 1 aliphatic heterocycles. The van der Waals surface area contributed by atoms with Crippen LogP contribution in [-0.2, 0) is 15.3 Å². The monoisotopic (exact) mass is 349 g/mol. The van der Waals surface area contributed by atoms with E-state index in [2.05, 4.69) is 41.4 Å².